The van der Waals surface area contributed by atoms with Crippen molar-refractivity contribution in [3.05, 3.63) is 53.6 Å². The quantitative estimate of drug-likeness (QED) is 0.845. The maximum atomic E-state index is 12.3. The van der Waals surface area contributed by atoms with Crippen LogP contribution in [0.3, 0.4) is 0 Å². The maximum Gasteiger partial charge on any atom is 0.242 e. The third-order valence-corrected chi connectivity index (χ3v) is 5.03. The summed E-state index contributed by atoms with van der Waals surface area (Å²) >= 11 is 1.59. The van der Waals surface area contributed by atoms with E-state index < -0.39 is 0 Å². The number of carbonyl (C=O) groups is 1. The van der Waals surface area contributed by atoms with Gasteiger partial charge in [-0.2, -0.15) is 0 Å². The van der Waals surface area contributed by atoms with Crippen LogP contribution >= 0.6 is 11.8 Å². The van der Waals surface area contributed by atoms with Crippen LogP contribution in [-0.4, -0.2) is 12.2 Å². The van der Waals surface area contributed by atoms with Crippen molar-refractivity contribution >= 4 is 23.4 Å². The molecular formula is C19H21NOS. The lowest BCUT2D eigenvalue weighted by molar-refractivity contribution is -0.115. The highest BCUT2D eigenvalue weighted by Crippen LogP contribution is 2.46. The van der Waals surface area contributed by atoms with E-state index in [0.29, 0.717) is 0 Å². The largest absolute Gasteiger partial charge is 0.324 e. The molecule has 1 aliphatic rings. The molecule has 1 aliphatic heterocycles. The van der Waals surface area contributed by atoms with Gasteiger partial charge in [0.15, 0.2) is 0 Å². The Morgan fingerprint density at radius 1 is 1.05 bits per heavy atom. The minimum atomic E-state index is -0.111. The zero-order valence-electron chi connectivity index (χ0n) is 13.4. The van der Waals surface area contributed by atoms with Gasteiger partial charge in [-0.25, -0.2) is 0 Å². The fourth-order valence-corrected chi connectivity index (χ4v) is 3.68. The number of hydrogen-bond donors (Lipinski definition) is 1. The van der Waals surface area contributed by atoms with Crippen LogP contribution in [0.5, 0.6) is 0 Å². The second-order valence-corrected chi connectivity index (χ2v) is 7.65. The molecule has 0 saturated carbocycles. The molecule has 0 radical (unpaired) electrons. The lowest BCUT2D eigenvalue weighted by Crippen LogP contribution is -2.15. The summed E-state index contributed by atoms with van der Waals surface area (Å²) in [6.45, 7) is 6.57. The number of hydrogen-bond acceptors (Lipinski definition) is 2. The Hall–Kier alpha value is -1.74. The van der Waals surface area contributed by atoms with Gasteiger partial charge < -0.3 is 5.32 Å². The van der Waals surface area contributed by atoms with E-state index in [-0.39, 0.29) is 16.6 Å². The topological polar surface area (TPSA) is 29.1 Å². The number of carbonyl (C=O) groups excluding carboxylic acids is 1. The Kier molecular flexibility index (Phi) is 3.77. The summed E-state index contributed by atoms with van der Waals surface area (Å²) in [7, 11) is 0. The summed E-state index contributed by atoms with van der Waals surface area (Å²) in [5, 5.41) is 2.98. The van der Waals surface area contributed by atoms with Crippen LogP contribution in [-0.2, 0) is 10.2 Å². The van der Waals surface area contributed by atoms with Crippen molar-refractivity contribution in [3.63, 3.8) is 0 Å². The van der Waals surface area contributed by atoms with Gasteiger partial charge in [-0.1, -0.05) is 51.1 Å². The first-order chi connectivity index (χ1) is 10.4. The fourth-order valence-electron chi connectivity index (χ4n) is 2.96. The van der Waals surface area contributed by atoms with Crippen molar-refractivity contribution in [1.82, 2.24) is 0 Å². The van der Waals surface area contributed by atoms with Crippen LogP contribution < -0.4 is 5.32 Å². The van der Waals surface area contributed by atoms with Gasteiger partial charge >= 0.3 is 0 Å². The highest BCUT2D eigenvalue weighted by atomic mass is 32.2. The van der Waals surface area contributed by atoms with E-state index in [2.05, 4.69) is 62.5 Å². The number of thioether (sulfide) groups is 1. The van der Waals surface area contributed by atoms with Gasteiger partial charge in [0.1, 0.15) is 5.25 Å². The van der Waals surface area contributed by atoms with Gasteiger partial charge in [-0.15, -0.1) is 11.8 Å². The highest BCUT2D eigenvalue weighted by molar-refractivity contribution is 7.99. The first-order valence-electron chi connectivity index (χ1n) is 7.49. The minimum Gasteiger partial charge on any atom is -0.324 e. The highest BCUT2D eigenvalue weighted by Gasteiger charge is 2.34. The fraction of sp³-hybridized carbons (Fsp3) is 0.316. The number of amides is 1. The van der Waals surface area contributed by atoms with E-state index in [0.717, 1.165) is 11.3 Å². The summed E-state index contributed by atoms with van der Waals surface area (Å²) < 4.78 is 0. The van der Waals surface area contributed by atoms with Crippen LogP contribution in [0.25, 0.3) is 11.1 Å². The van der Waals surface area contributed by atoms with Crippen molar-refractivity contribution in [2.75, 3.05) is 11.6 Å². The molecule has 1 amide bonds. The predicted molar refractivity (Wildman–Crippen MR) is 95.5 cm³/mol. The molecule has 2 nitrogen and oxygen atoms in total. The molecule has 0 spiro atoms. The second kappa shape index (κ2) is 5.47. The Labute approximate surface area is 136 Å². The molecular weight excluding hydrogens is 290 g/mol. The van der Waals surface area contributed by atoms with Gasteiger partial charge in [-0.05, 0) is 46.1 Å². The summed E-state index contributed by atoms with van der Waals surface area (Å²) in [6.07, 6.45) is 1.99. The Morgan fingerprint density at radius 3 is 2.32 bits per heavy atom. The Bertz CT molecular complexity index is 716. The number of fused-ring (bicyclic) bond motifs is 1. The lowest BCUT2D eigenvalue weighted by atomic mass is 9.82. The minimum absolute atomic E-state index is 0.0184. The van der Waals surface area contributed by atoms with E-state index in [1.807, 2.05) is 12.3 Å². The van der Waals surface area contributed by atoms with Gasteiger partial charge in [0.2, 0.25) is 5.91 Å². The van der Waals surface area contributed by atoms with Crippen molar-refractivity contribution in [1.29, 1.82) is 0 Å². The lowest BCUT2D eigenvalue weighted by Gasteiger charge is -2.24. The number of anilines is 1. The predicted octanol–water partition coefficient (Wildman–Crippen LogP) is 5.01. The first kappa shape index (κ1) is 15.2. The van der Waals surface area contributed by atoms with Gasteiger partial charge in [0.05, 0.1) is 0 Å². The van der Waals surface area contributed by atoms with E-state index in [1.165, 1.54) is 16.7 Å². The molecule has 0 fully saturated rings. The smallest absolute Gasteiger partial charge is 0.242 e. The molecule has 2 aromatic rings. The molecule has 0 saturated heterocycles. The molecule has 1 unspecified atom stereocenters. The van der Waals surface area contributed by atoms with E-state index >= 15 is 0 Å². The van der Waals surface area contributed by atoms with E-state index in [9.17, 15) is 4.79 Å². The van der Waals surface area contributed by atoms with Gasteiger partial charge in [-0.3, -0.25) is 4.79 Å². The summed E-state index contributed by atoms with van der Waals surface area (Å²) in [6, 6.07) is 14.7. The van der Waals surface area contributed by atoms with Crippen LogP contribution in [0.2, 0.25) is 0 Å². The van der Waals surface area contributed by atoms with Crippen LogP contribution in [0, 0.1) is 0 Å². The normalized spacial score (nSPS) is 17.3. The molecule has 1 atom stereocenters. The van der Waals surface area contributed by atoms with Crippen molar-refractivity contribution in [2.24, 2.45) is 0 Å². The molecule has 2 aromatic carbocycles. The maximum absolute atomic E-state index is 12.3. The summed E-state index contributed by atoms with van der Waals surface area (Å²) in [4.78, 5) is 12.3. The molecule has 22 heavy (non-hydrogen) atoms. The summed E-state index contributed by atoms with van der Waals surface area (Å²) in [5.41, 5.74) is 5.68. The number of nitrogens with one attached hydrogen (secondary N) is 1. The molecule has 1 heterocycles. The molecule has 0 aromatic heterocycles. The zero-order valence-corrected chi connectivity index (χ0v) is 14.3. The van der Waals surface area contributed by atoms with Crippen molar-refractivity contribution in [3.8, 4) is 11.1 Å². The molecule has 3 rings (SSSR count). The molecule has 114 valence electrons. The molecule has 0 aliphatic carbocycles. The van der Waals surface area contributed by atoms with Crippen LogP contribution in [0.4, 0.5) is 5.69 Å². The Balaban J connectivity index is 2.24. The van der Waals surface area contributed by atoms with E-state index in [1.54, 1.807) is 11.8 Å². The SMILES string of the molecule is CSC1C(=O)Nc2c1cc(-c1ccccc1)cc2C(C)(C)C. The van der Waals surface area contributed by atoms with Crippen LogP contribution in [0.15, 0.2) is 42.5 Å². The molecule has 3 heteroatoms. The third kappa shape index (κ3) is 2.54. The van der Waals surface area contributed by atoms with Crippen molar-refractivity contribution in [2.45, 2.75) is 31.4 Å². The standard InChI is InChI=1S/C19H21NOS/c1-19(2,3)15-11-13(12-8-6-5-7-9-12)10-14-16(15)20-18(21)17(14)22-4/h5-11,17H,1-4H3,(H,20,21). The average molecular weight is 311 g/mol. The first-order valence-corrected chi connectivity index (χ1v) is 8.78. The number of benzene rings is 2. The Morgan fingerprint density at radius 2 is 1.73 bits per heavy atom. The van der Waals surface area contributed by atoms with E-state index in [4.69, 9.17) is 0 Å². The number of rotatable bonds is 2. The zero-order chi connectivity index (χ0) is 15.9. The monoisotopic (exact) mass is 311 g/mol. The average Bonchev–Trinajstić information content (AvgIpc) is 2.81. The van der Waals surface area contributed by atoms with Gasteiger partial charge in [0.25, 0.3) is 0 Å². The van der Waals surface area contributed by atoms with Gasteiger partial charge in [0, 0.05) is 5.69 Å². The molecule has 0 bridgehead atoms. The third-order valence-electron chi connectivity index (χ3n) is 4.09. The van der Waals surface area contributed by atoms with Crippen LogP contribution in [0.1, 0.15) is 37.1 Å². The molecule has 1 N–H and O–H groups in total. The summed E-state index contributed by atoms with van der Waals surface area (Å²) in [5.74, 6) is 0.0956. The van der Waals surface area contributed by atoms with Crippen molar-refractivity contribution < 1.29 is 4.79 Å². The second-order valence-electron chi connectivity index (χ2n) is 6.71.